The fourth-order valence-corrected chi connectivity index (χ4v) is 2.82. The summed E-state index contributed by atoms with van der Waals surface area (Å²) in [4.78, 5) is 59.9. The summed E-state index contributed by atoms with van der Waals surface area (Å²) in [6.45, 7) is 3.65. The lowest BCUT2D eigenvalue weighted by Crippen LogP contribution is -2.58. The standard InChI is InChI=1S/C18H34N6O6S/c1-9(2)14(18(29)30)24-16(27)11(7-13(21)25)22-17(28)12(8-31)23-15(26)10(20)5-3-4-6-19/h9-12,14,31H,3-8,19-20H2,1-2H3,(H2,21,25)(H,22,28)(H,23,26)(H,24,27)(H,29,30). The SMILES string of the molecule is CC(C)C(NC(=O)C(CC(N)=O)NC(=O)C(CS)NC(=O)C(N)CCCCN)C(=O)O. The van der Waals surface area contributed by atoms with E-state index in [-0.39, 0.29) is 5.75 Å². The number of nitrogens with one attached hydrogen (secondary N) is 3. The fraction of sp³-hybridized carbons (Fsp3) is 0.722. The van der Waals surface area contributed by atoms with Gasteiger partial charge >= 0.3 is 5.97 Å². The number of primary amides is 1. The maximum Gasteiger partial charge on any atom is 0.326 e. The Labute approximate surface area is 186 Å². The number of hydrogen-bond acceptors (Lipinski definition) is 8. The van der Waals surface area contributed by atoms with E-state index in [4.69, 9.17) is 17.2 Å². The first-order chi connectivity index (χ1) is 14.4. The topological polar surface area (TPSA) is 220 Å². The molecule has 0 aliphatic rings. The quantitative estimate of drug-likeness (QED) is 0.0953. The van der Waals surface area contributed by atoms with Crippen molar-refractivity contribution < 1.29 is 29.1 Å². The van der Waals surface area contributed by atoms with Crippen molar-refractivity contribution in [2.24, 2.45) is 23.1 Å². The van der Waals surface area contributed by atoms with Gasteiger partial charge in [0.15, 0.2) is 0 Å². The highest BCUT2D eigenvalue weighted by Gasteiger charge is 2.31. The van der Waals surface area contributed by atoms with Crippen LogP contribution in [-0.4, -0.2) is 71.2 Å². The van der Waals surface area contributed by atoms with Crippen LogP contribution in [0.5, 0.6) is 0 Å². The van der Waals surface area contributed by atoms with Crippen LogP contribution in [0.15, 0.2) is 0 Å². The van der Waals surface area contributed by atoms with Crippen LogP contribution in [0.4, 0.5) is 0 Å². The smallest absolute Gasteiger partial charge is 0.326 e. The second-order valence-electron chi connectivity index (χ2n) is 7.43. The Morgan fingerprint density at radius 3 is 1.94 bits per heavy atom. The predicted octanol–water partition coefficient (Wildman–Crippen LogP) is -2.56. The summed E-state index contributed by atoms with van der Waals surface area (Å²) in [5, 5.41) is 16.3. The molecule has 31 heavy (non-hydrogen) atoms. The van der Waals surface area contributed by atoms with Gasteiger partial charge in [-0.2, -0.15) is 12.6 Å². The van der Waals surface area contributed by atoms with Crippen LogP contribution >= 0.6 is 12.6 Å². The summed E-state index contributed by atoms with van der Waals surface area (Å²) in [6, 6.07) is -4.65. The number of carbonyl (C=O) groups is 5. The Balaban J connectivity index is 5.17. The van der Waals surface area contributed by atoms with Crippen LogP contribution in [0.1, 0.15) is 39.5 Å². The minimum Gasteiger partial charge on any atom is -0.480 e. The Morgan fingerprint density at radius 2 is 1.48 bits per heavy atom. The lowest BCUT2D eigenvalue weighted by atomic mass is 10.0. The van der Waals surface area contributed by atoms with Gasteiger partial charge in [0.1, 0.15) is 18.1 Å². The molecule has 0 aromatic carbocycles. The number of carbonyl (C=O) groups excluding carboxylic acids is 4. The van der Waals surface area contributed by atoms with Gasteiger partial charge in [0.2, 0.25) is 23.6 Å². The van der Waals surface area contributed by atoms with Crippen molar-refractivity contribution in [1.29, 1.82) is 0 Å². The minimum atomic E-state index is -1.43. The van der Waals surface area contributed by atoms with E-state index in [1.54, 1.807) is 13.8 Å². The number of thiol groups is 1. The molecule has 0 rings (SSSR count). The molecule has 0 heterocycles. The largest absolute Gasteiger partial charge is 0.480 e. The molecule has 0 bridgehead atoms. The van der Waals surface area contributed by atoms with Crippen molar-refractivity contribution >= 4 is 42.2 Å². The molecule has 0 spiro atoms. The molecule has 0 fully saturated rings. The van der Waals surface area contributed by atoms with Gasteiger partial charge in [-0.3, -0.25) is 19.2 Å². The third kappa shape index (κ3) is 11.0. The normalized spacial score (nSPS) is 14.8. The number of nitrogens with two attached hydrogens (primary N) is 3. The maximum absolute atomic E-state index is 12.6. The van der Waals surface area contributed by atoms with Gasteiger partial charge < -0.3 is 38.3 Å². The lowest BCUT2D eigenvalue weighted by molar-refractivity contribution is -0.143. The van der Waals surface area contributed by atoms with Crippen molar-refractivity contribution in [1.82, 2.24) is 16.0 Å². The van der Waals surface area contributed by atoms with Crippen molar-refractivity contribution in [3.8, 4) is 0 Å². The third-order valence-electron chi connectivity index (χ3n) is 4.39. The monoisotopic (exact) mass is 462 g/mol. The van der Waals surface area contributed by atoms with Crippen LogP contribution in [0.3, 0.4) is 0 Å². The summed E-state index contributed by atoms with van der Waals surface area (Å²) in [5.74, 6) is -4.97. The molecule has 0 saturated heterocycles. The van der Waals surface area contributed by atoms with Crippen molar-refractivity contribution in [3.05, 3.63) is 0 Å². The van der Waals surface area contributed by atoms with Crippen LogP contribution in [0.2, 0.25) is 0 Å². The number of amides is 4. The highest BCUT2D eigenvalue weighted by Crippen LogP contribution is 2.04. The third-order valence-corrected chi connectivity index (χ3v) is 4.76. The molecule has 12 nitrogen and oxygen atoms in total. The first-order valence-electron chi connectivity index (χ1n) is 9.93. The van der Waals surface area contributed by atoms with Crippen LogP contribution in [-0.2, 0) is 24.0 Å². The molecule has 0 saturated carbocycles. The van der Waals surface area contributed by atoms with E-state index >= 15 is 0 Å². The number of aliphatic carboxylic acids is 1. The summed E-state index contributed by atoms with van der Waals surface area (Å²) >= 11 is 4.03. The zero-order valence-electron chi connectivity index (χ0n) is 17.8. The summed E-state index contributed by atoms with van der Waals surface area (Å²) in [7, 11) is 0. The predicted molar refractivity (Wildman–Crippen MR) is 117 cm³/mol. The van der Waals surface area contributed by atoms with Gasteiger partial charge in [0.05, 0.1) is 12.5 Å². The summed E-state index contributed by atoms with van der Waals surface area (Å²) < 4.78 is 0. The fourth-order valence-electron chi connectivity index (χ4n) is 2.56. The molecule has 0 aromatic rings. The Bertz CT molecular complexity index is 647. The number of unbranched alkanes of at least 4 members (excludes halogenated alkanes) is 1. The first-order valence-corrected chi connectivity index (χ1v) is 10.6. The highest BCUT2D eigenvalue weighted by molar-refractivity contribution is 7.80. The molecule has 0 radical (unpaired) electrons. The van der Waals surface area contributed by atoms with Gasteiger partial charge in [-0.25, -0.2) is 4.79 Å². The first kappa shape index (κ1) is 28.6. The van der Waals surface area contributed by atoms with Crippen LogP contribution in [0.25, 0.3) is 0 Å². The van der Waals surface area contributed by atoms with E-state index in [1.165, 1.54) is 0 Å². The van der Waals surface area contributed by atoms with E-state index < -0.39 is 66.1 Å². The summed E-state index contributed by atoms with van der Waals surface area (Å²) in [6.07, 6.45) is 1.16. The molecule has 0 aliphatic carbocycles. The molecular formula is C18H34N6O6S. The lowest BCUT2D eigenvalue weighted by Gasteiger charge is -2.25. The number of carboxylic acid groups (broad SMARTS) is 1. The highest BCUT2D eigenvalue weighted by atomic mass is 32.1. The molecule has 10 N–H and O–H groups in total. The molecule has 4 amide bonds. The number of rotatable bonds is 15. The molecule has 178 valence electrons. The summed E-state index contributed by atoms with van der Waals surface area (Å²) in [5.41, 5.74) is 16.3. The second kappa shape index (κ2) is 14.6. The Hall–Kier alpha value is -2.38. The van der Waals surface area contributed by atoms with Crippen molar-refractivity contribution in [2.75, 3.05) is 12.3 Å². The average Bonchev–Trinajstić information content (AvgIpc) is 2.68. The van der Waals surface area contributed by atoms with E-state index in [2.05, 4.69) is 28.6 Å². The number of carboxylic acids is 1. The van der Waals surface area contributed by atoms with E-state index in [1.807, 2.05) is 0 Å². The van der Waals surface area contributed by atoms with E-state index in [0.717, 1.165) is 0 Å². The van der Waals surface area contributed by atoms with Gasteiger partial charge in [-0.1, -0.05) is 20.3 Å². The van der Waals surface area contributed by atoms with Crippen LogP contribution in [0, 0.1) is 5.92 Å². The zero-order valence-corrected chi connectivity index (χ0v) is 18.7. The van der Waals surface area contributed by atoms with Crippen molar-refractivity contribution in [3.63, 3.8) is 0 Å². The molecule has 4 unspecified atom stereocenters. The van der Waals surface area contributed by atoms with Gasteiger partial charge in [0, 0.05) is 5.75 Å². The van der Waals surface area contributed by atoms with Gasteiger partial charge in [-0.05, 0) is 25.3 Å². The van der Waals surface area contributed by atoms with Crippen LogP contribution < -0.4 is 33.2 Å². The minimum absolute atomic E-state index is 0.109. The molecule has 0 aromatic heterocycles. The average molecular weight is 463 g/mol. The Kier molecular flexibility index (Phi) is 13.5. The van der Waals surface area contributed by atoms with E-state index in [9.17, 15) is 29.1 Å². The molecule has 4 atom stereocenters. The Morgan fingerprint density at radius 1 is 0.935 bits per heavy atom. The van der Waals surface area contributed by atoms with Crippen molar-refractivity contribution in [2.45, 2.75) is 63.7 Å². The molecular weight excluding hydrogens is 428 g/mol. The number of hydrogen-bond donors (Lipinski definition) is 8. The molecule has 13 heteroatoms. The van der Waals surface area contributed by atoms with E-state index in [0.29, 0.717) is 25.8 Å². The van der Waals surface area contributed by atoms with Gasteiger partial charge in [-0.15, -0.1) is 0 Å². The second-order valence-corrected chi connectivity index (χ2v) is 7.80. The molecule has 0 aliphatic heterocycles. The maximum atomic E-state index is 12.6. The van der Waals surface area contributed by atoms with Gasteiger partial charge in [0.25, 0.3) is 0 Å². The zero-order chi connectivity index (χ0) is 24.1.